The average molecular weight is 613 g/mol. The first-order valence-electron chi connectivity index (χ1n) is 14.1. The quantitative estimate of drug-likeness (QED) is 0.110. The summed E-state index contributed by atoms with van der Waals surface area (Å²) >= 11 is 0. The van der Waals surface area contributed by atoms with E-state index in [1.54, 1.807) is 42.5 Å². The number of benzene rings is 3. The maximum atomic E-state index is 13.0. The average Bonchev–Trinajstić information content (AvgIpc) is 3.01. The minimum atomic E-state index is -1.71. The molecule has 0 spiro atoms. The molecule has 6 atom stereocenters. The monoisotopic (exact) mass is 612 g/mol. The van der Waals surface area contributed by atoms with Crippen molar-refractivity contribution >= 4 is 11.8 Å². The van der Waals surface area contributed by atoms with Gasteiger partial charge in [0.2, 0.25) is 0 Å². The Morgan fingerprint density at radius 3 is 1.98 bits per heavy atom. The number of rotatable bonds is 13. The maximum Gasteiger partial charge on any atom is 0.338 e. The molecular formula is C32H36O12. The minimum Gasteiger partial charge on any atom is -0.504 e. The highest BCUT2D eigenvalue weighted by molar-refractivity contribution is 5.89. The van der Waals surface area contributed by atoms with Gasteiger partial charge in [0.05, 0.1) is 11.7 Å². The summed E-state index contributed by atoms with van der Waals surface area (Å²) in [5.41, 5.74) is 1.53. The molecule has 1 fully saturated rings. The van der Waals surface area contributed by atoms with Gasteiger partial charge >= 0.3 is 5.97 Å². The van der Waals surface area contributed by atoms with Crippen LogP contribution in [-0.4, -0.2) is 90.9 Å². The smallest absolute Gasteiger partial charge is 0.338 e. The zero-order valence-electron chi connectivity index (χ0n) is 23.7. The van der Waals surface area contributed by atoms with Gasteiger partial charge in [-0.05, 0) is 66.8 Å². The third-order valence-electron chi connectivity index (χ3n) is 7.37. The number of hydrogen-bond acceptors (Lipinski definition) is 12. The molecule has 0 bridgehead atoms. The van der Waals surface area contributed by atoms with Crippen LogP contribution in [-0.2, 0) is 31.8 Å². The molecule has 0 aliphatic carbocycles. The van der Waals surface area contributed by atoms with Crippen LogP contribution in [0.2, 0.25) is 0 Å². The molecule has 236 valence electrons. The summed E-state index contributed by atoms with van der Waals surface area (Å²) in [7, 11) is 0. The van der Waals surface area contributed by atoms with E-state index in [2.05, 4.69) is 0 Å². The molecular weight excluding hydrogens is 576 g/mol. The van der Waals surface area contributed by atoms with Crippen molar-refractivity contribution in [3.63, 3.8) is 0 Å². The SMILES string of the molecule is O=C(CCc1ccc(O)c(O)c1)C[C@H](CCc1ccc(O)c(O)c1)O[C@@H]1O[C@H](COC(=O)c2ccccc2)[C@@H](O)[C@H](O)[C@H]1O. The number of hydrogen-bond donors (Lipinski definition) is 7. The second-order valence-corrected chi connectivity index (χ2v) is 10.7. The van der Waals surface area contributed by atoms with Crippen molar-refractivity contribution in [1.29, 1.82) is 0 Å². The number of phenols is 4. The molecule has 1 heterocycles. The number of aliphatic hydroxyl groups is 3. The standard InChI is InChI=1S/C32H36O12/c33-21(10-6-18-8-12-23(34)25(36)14-18)16-22(11-7-19-9-13-24(35)26(37)15-19)43-32-30(40)29(39)28(38)27(44-32)17-42-31(41)20-4-2-1-3-5-20/h1-5,8-9,12-15,22,27-30,32,34-40H,6-7,10-11,16-17H2/t22-,27+,28+,29-,30+,32+/m0/s1. The lowest BCUT2D eigenvalue weighted by Crippen LogP contribution is -2.60. The lowest BCUT2D eigenvalue weighted by atomic mass is 9.97. The molecule has 0 aromatic heterocycles. The van der Waals surface area contributed by atoms with Crippen LogP contribution in [0, 0.1) is 0 Å². The number of esters is 1. The van der Waals surface area contributed by atoms with Crippen LogP contribution < -0.4 is 0 Å². The van der Waals surface area contributed by atoms with Gasteiger partial charge in [0.1, 0.15) is 36.8 Å². The molecule has 1 aliphatic rings. The third-order valence-corrected chi connectivity index (χ3v) is 7.37. The van der Waals surface area contributed by atoms with Crippen LogP contribution in [0.25, 0.3) is 0 Å². The van der Waals surface area contributed by atoms with Crippen molar-refractivity contribution < 1.29 is 59.5 Å². The summed E-state index contributed by atoms with van der Waals surface area (Å²) in [5, 5.41) is 70.4. The van der Waals surface area contributed by atoms with Crippen molar-refractivity contribution in [2.45, 2.75) is 68.9 Å². The van der Waals surface area contributed by atoms with E-state index in [0.29, 0.717) is 17.5 Å². The summed E-state index contributed by atoms with van der Waals surface area (Å²) in [6.45, 7) is -0.450. The zero-order chi connectivity index (χ0) is 31.8. The van der Waals surface area contributed by atoms with E-state index in [0.717, 1.165) is 0 Å². The van der Waals surface area contributed by atoms with Gasteiger partial charge in [-0.1, -0.05) is 30.3 Å². The second-order valence-electron chi connectivity index (χ2n) is 10.7. The lowest BCUT2D eigenvalue weighted by Gasteiger charge is -2.41. The normalized spacial score (nSPS) is 22.3. The molecule has 7 N–H and O–H groups in total. The van der Waals surface area contributed by atoms with Gasteiger partial charge in [0.25, 0.3) is 0 Å². The highest BCUT2D eigenvalue weighted by Crippen LogP contribution is 2.29. The number of carbonyl (C=O) groups excluding carboxylic acids is 2. The maximum absolute atomic E-state index is 13.0. The summed E-state index contributed by atoms with van der Waals surface area (Å²) in [4.78, 5) is 25.4. The first-order valence-corrected chi connectivity index (χ1v) is 14.1. The number of aryl methyl sites for hydroxylation is 2. The number of ether oxygens (including phenoxy) is 3. The summed E-state index contributed by atoms with van der Waals surface area (Å²) in [6, 6.07) is 16.7. The van der Waals surface area contributed by atoms with Crippen LogP contribution in [0.4, 0.5) is 0 Å². The molecule has 0 saturated carbocycles. The summed E-state index contributed by atoms with van der Waals surface area (Å²) < 4.78 is 17.0. The van der Waals surface area contributed by atoms with Gasteiger partial charge in [-0.25, -0.2) is 4.79 Å². The van der Waals surface area contributed by atoms with Crippen LogP contribution in [0.5, 0.6) is 23.0 Å². The van der Waals surface area contributed by atoms with Crippen LogP contribution >= 0.6 is 0 Å². The predicted molar refractivity (Wildman–Crippen MR) is 154 cm³/mol. The van der Waals surface area contributed by atoms with Crippen molar-refractivity contribution in [2.75, 3.05) is 6.61 Å². The molecule has 0 amide bonds. The molecule has 0 radical (unpaired) electrons. The molecule has 1 saturated heterocycles. The van der Waals surface area contributed by atoms with Crippen molar-refractivity contribution in [3.8, 4) is 23.0 Å². The topological polar surface area (TPSA) is 203 Å². The van der Waals surface area contributed by atoms with E-state index in [9.17, 15) is 45.3 Å². The number of Topliss-reactive ketones (excluding diaryl/α,β-unsaturated/α-hetero) is 1. The Labute approximate surface area is 253 Å². The highest BCUT2D eigenvalue weighted by atomic mass is 16.7. The molecule has 44 heavy (non-hydrogen) atoms. The Balaban J connectivity index is 1.43. The molecule has 12 heteroatoms. The lowest BCUT2D eigenvalue weighted by molar-refractivity contribution is -0.311. The Kier molecular flexibility index (Phi) is 11.1. The van der Waals surface area contributed by atoms with E-state index >= 15 is 0 Å². The molecule has 12 nitrogen and oxygen atoms in total. The largest absolute Gasteiger partial charge is 0.504 e. The van der Waals surface area contributed by atoms with E-state index in [-0.39, 0.29) is 60.0 Å². The summed E-state index contributed by atoms with van der Waals surface area (Å²) in [6.07, 6.45) is -7.90. The molecule has 0 unspecified atom stereocenters. The van der Waals surface area contributed by atoms with E-state index in [1.165, 1.54) is 24.3 Å². The van der Waals surface area contributed by atoms with Gasteiger partial charge in [-0.3, -0.25) is 4.79 Å². The number of ketones is 1. The van der Waals surface area contributed by atoms with Crippen molar-refractivity contribution in [3.05, 3.63) is 83.4 Å². The molecule has 3 aromatic carbocycles. The van der Waals surface area contributed by atoms with Crippen LogP contribution in [0.3, 0.4) is 0 Å². The van der Waals surface area contributed by atoms with E-state index in [1.807, 2.05) is 0 Å². The number of aliphatic hydroxyl groups excluding tert-OH is 3. The van der Waals surface area contributed by atoms with E-state index in [4.69, 9.17) is 14.2 Å². The van der Waals surface area contributed by atoms with Crippen molar-refractivity contribution in [2.24, 2.45) is 0 Å². The number of phenolic OH excluding ortho intramolecular Hbond substituents is 4. The second kappa shape index (κ2) is 15.0. The fourth-order valence-electron chi connectivity index (χ4n) is 4.81. The highest BCUT2D eigenvalue weighted by Gasteiger charge is 2.45. The fraction of sp³-hybridized carbons (Fsp3) is 0.375. The first kappa shape index (κ1) is 32.7. The summed E-state index contributed by atoms with van der Waals surface area (Å²) in [5.74, 6) is -2.09. The number of aromatic hydroxyl groups is 4. The molecule has 3 aromatic rings. The molecule has 1 aliphatic heterocycles. The van der Waals surface area contributed by atoms with Crippen molar-refractivity contribution in [1.82, 2.24) is 0 Å². The third kappa shape index (κ3) is 8.68. The van der Waals surface area contributed by atoms with Gasteiger partial charge < -0.3 is 50.0 Å². The van der Waals surface area contributed by atoms with Crippen LogP contribution in [0.15, 0.2) is 66.7 Å². The van der Waals surface area contributed by atoms with Gasteiger partial charge in [-0.2, -0.15) is 0 Å². The van der Waals surface area contributed by atoms with Gasteiger partial charge in [0.15, 0.2) is 29.3 Å². The Morgan fingerprint density at radius 1 is 0.750 bits per heavy atom. The minimum absolute atomic E-state index is 0.0670. The Bertz CT molecular complexity index is 1410. The Morgan fingerprint density at radius 2 is 1.36 bits per heavy atom. The molecule has 4 rings (SSSR count). The Hall–Kier alpha value is -4.20. The predicted octanol–water partition coefficient (Wildman–Crippen LogP) is 2.08. The fourth-order valence-corrected chi connectivity index (χ4v) is 4.81. The van der Waals surface area contributed by atoms with Crippen LogP contribution in [0.1, 0.15) is 40.7 Å². The van der Waals surface area contributed by atoms with E-state index < -0.39 is 49.4 Å². The zero-order valence-corrected chi connectivity index (χ0v) is 23.7. The number of carbonyl (C=O) groups is 2. The van der Waals surface area contributed by atoms with Gasteiger partial charge in [-0.15, -0.1) is 0 Å². The van der Waals surface area contributed by atoms with Gasteiger partial charge in [0, 0.05) is 12.8 Å². The first-order chi connectivity index (χ1) is 21.0.